The van der Waals surface area contributed by atoms with E-state index in [0.29, 0.717) is 23.7 Å². The van der Waals surface area contributed by atoms with Gasteiger partial charge < -0.3 is 16.0 Å². The number of carbonyl (C=O) groups is 2. The number of nitrogens with two attached hydrogens (primary N) is 1. The predicted octanol–water partition coefficient (Wildman–Crippen LogP) is 2.07. The highest BCUT2D eigenvalue weighted by atomic mass is 35.5. The van der Waals surface area contributed by atoms with Crippen LogP contribution in [0.15, 0.2) is 24.3 Å². The SMILES string of the molecule is Cl.Nc1ccc(C(=O)N2CCCC(C(=O)NCC3CC3)C2)cc1. The van der Waals surface area contributed by atoms with Gasteiger partial charge in [-0.15, -0.1) is 12.4 Å². The molecule has 1 unspecified atom stereocenters. The smallest absolute Gasteiger partial charge is 0.253 e. The molecule has 1 heterocycles. The standard InChI is InChI=1S/C17H23N3O2.ClH/c18-15-7-5-13(6-8-15)17(22)20-9-1-2-14(11-20)16(21)19-10-12-3-4-12;/h5-8,12,14H,1-4,9-11,18H2,(H,19,21);1H. The number of amides is 2. The molecule has 1 atom stereocenters. The summed E-state index contributed by atoms with van der Waals surface area (Å²) in [4.78, 5) is 26.5. The van der Waals surface area contributed by atoms with Crippen molar-refractivity contribution >= 4 is 29.9 Å². The van der Waals surface area contributed by atoms with Crippen LogP contribution in [0.25, 0.3) is 0 Å². The van der Waals surface area contributed by atoms with E-state index in [2.05, 4.69) is 5.32 Å². The van der Waals surface area contributed by atoms with E-state index in [-0.39, 0.29) is 30.1 Å². The average Bonchev–Trinajstić information content (AvgIpc) is 3.37. The summed E-state index contributed by atoms with van der Waals surface area (Å²) in [6, 6.07) is 6.96. The number of piperidine rings is 1. The third-order valence-corrected chi connectivity index (χ3v) is 4.50. The lowest BCUT2D eigenvalue weighted by Gasteiger charge is -2.32. The van der Waals surface area contributed by atoms with Crippen molar-refractivity contribution < 1.29 is 9.59 Å². The van der Waals surface area contributed by atoms with E-state index in [1.165, 1.54) is 12.8 Å². The van der Waals surface area contributed by atoms with Crippen LogP contribution in [-0.2, 0) is 4.79 Å². The van der Waals surface area contributed by atoms with Crippen molar-refractivity contribution in [1.82, 2.24) is 10.2 Å². The average molecular weight is 338 g/mol. The van der Waals surface area contributed by atoms with Gasteiger partial charge in [0.05, 0.1) is 5.92 Å². The number of rotatable bonds is 4. The molecule has 0 aromatic heterocycles. The van der Waals surface area contributed by atoms with Crippen LogP contribution in [0, 0.1) is 11.8 Å². The summed E-state index contributed by atoms with van der Waals surface area (Å²) >= 11 is 0. The van der Waals surface area contributed by atoms with Crippen LogP contribution < -0.4 is 11.1 Å². The van der Waals surface area contributed by atoms with Crippen molar-refractivity contribution in [2.24, 2.45) is 11.8 Å². The molecule has 6 heteroatoms. The van der Waals surface area contributed by atoms with E-state index in [1.54, 1.807) is 29.2 Å². The van der Waals surface area contributed by atoms with Crippen LogP contribution in [0.3, 0.4) is 0 Å². The highest BCUT2D eigenvalue weighted by molar-refractivity contribution is 5.95. The van der Waals surface area contributed by atoms with Crippen LogP contribution in [0.2, 0.25) is 0 Å². The molecule has 1 aliphatic carbocycles. The van der Waals surface area contributed by atoms with E-state index in [0.717, 1.165) is 25.9 Å². The van der Waals surface area contributed by atoms with Gasteiger partial charge in [-0.25, -0.2) is 0 Å². The van der Waals surface area contributed by atoms with Crippen LogP contribution in [0.5, 0.6) is 0 Å². The van der Waals surface area contributed by atoms with Crippen LogP contribution in [0.1, 0.15) is 36.0 Å². The Hall–Kier alpha value is -1.75. The van der Waals surface area contributed by atoms with Gasteiger partial charge in [-0.3, -0.25) is 9.59 Å². The monoisotopic (exact) mass is 337 g/mol. The number of nitrogens with zero attached hydrogens (tertiary/aromatic N) is 1. The normalized spacial score (nSPS) is 20.5. The highest BCUT2D eigenvalue weighted by Crippen LogP contribution is 2.28. The van der Waals surface area contributed by atoms with Crippen LogP contribution in [0.4, 0.5) is 5.69 Å². The summed E-state index contributed by atoms with van der Waals surface area (Å²) in [5.74, 6) is 0.687. The molecule has 1 aromatic rings. The summed E-state index contributed by atoms with van der Waals surface area (Å²) < 4.78 is 0. The number of anilines is 1. The second-order valence-electron chi connectivity index (χ2n) is 6.40. The number of nitrogen functional groups attached to an aromatic ring is 1. The van der Waals surface area contributed by atoms with Gasteiger partial charge >= 0.3 is 0 Å². The van der Waals surface area contributed by atoms with Gasteiger partial charge in [-0.1, -0.05) is 0 Å². The summed E-state index contributed by atoms with van der Waals surface area (Å²) in [5, 5.41) is 3.03. The van der Waals surface area contributed by atoms with Crippen molar-refractivity contribution in [3.8, 4) is 0 Å². The molecule has 23 heavy (non-hydrogen) atoms. The lowest BCUT2D eigenvalue weighted by Crippen LogP contribution is -2.45. The summed E-state index contributed by atoms with van der Waals surface area (Å²) in [5.41, 5.74) is 6.93. The van der Waals surface area contributed by atoms with Crippen molar-refractivity contribution in [1.29, 1.82) is 0 Å². The molecular weight excluding hydrogens is 314 g/mol. The van der Waals surface area contributed by atoms with Gasteiger partial charge in [0.25, 0.3) is 5.91 Å². The lowest BCUT2D eigenvalue weighted by molar-refractivity contribution is -0.126. The van der Waals surface area contributed by atoms with E-state index < -0.39 is 0 Å². The molecule has 1 aliphatic heterocycles. The fourth-order valence-corrected chi connectivity index (χ4v) is 2.90. The number of hydrogen-bond acceptors (Lipinski definition) is 3. The molecular formula is C17H24ClN3O2. The number of likely N-dealkylation sites (tertiary alicyclic amines) is 1. The van der Waals surface area contributed by atoms with Crippen LogP contribution in [-0.4, -0.2) is 36.3 Å². The number of nitrogens with one attached hydrogen (secondary N) is 1. The Morgan fingerprint density at radius 3 is 2.52 bits per heavy atom. The molecule has 0 bridgehead atoms. The summed E-state index contributed by atoms with van der Waals surface area (Å²) in [6.45, 7) is 2.02. The Labute approximate surface area is 143 Å². The first-order chi connectivity index (χ1) is 10.6. The molecule has 3 N–H and O–H groups in total. The number of carbonyl (C=O) groups excluding carboxylic acids is 2. The Bertz CT molecular complexity index is 557. The molecule has 1 aromatic carbocycles. The molecule has 2 amide bonds. The third kappa shape index (κ3) is 4.61. The zero-order chi connectivity index (χ0) is 15.5. The van der Waals surface area contributed by atoms with E-state index in [1.807, 2.05) is 0 Å². The van der Waals surface area contributed by atoms with Gasteiger partial charge in [0.15, 0.2) is 0 Å². The molecule has 126 valence electrons. The Kier molecular flexibility index (Phi) is 5.88. The first kappa shape index (κ1) is 17.6. The number of halogens is 1. The summed E-state index contributed by atoms with van der Waals surface area (Å²) in [7, 11) is 0. The lowest BCUT2D eigenvalue weighted by atomic mass is 9.96. The largest absolute Gasteiger partial charge is 0.399 e. The second-order valence-corrected chi connectivity index (χ2v) is 6.40. The fourth-order valence-electron chi connectivity index (χ4n) is 2.90. The van der Waals surface area contributed by atoms with Gasteiger partial charge in [0, 0.05) is 30.9 Å². The molecule has 0 radical (unpaired) electrons. The zero-order valence-electron chi connectivity index (χ0n) is 13.2. The van der Waals surface area contributed by atoms with Crippen LogP contribution >= 0.6 is 12.4 Å². The van der Waals surface area contributed by atoms with Gasteiger partial charge in [-0.2, -0.15) is 0 Å². The Morgan fingerprint density at radius 2 is 1.87 bits per heavy atom. The minimum Gasteiger partial charge on any atom is -0.399 e. The molecule has 2 aliphatic rings. The maximum atomic E-state index is 12.5. The third-order valence-electron chi connectivity index (χ3n) is 4.50. The first-order valence-corrected chi connectivity index (χ1v) is 8.06. The zero-order valence-corrected chi connectivity index (χ0v) is 14.0. The topological polar surface area (TPSA) is 75.4 Å². The molecule has 2 fully saturated rings. The number of hydrogen-bond donors (Lipinski definition) is 2. The number of benzene rings is 1. The molecule has 0 spiro atoms. The Morgan fingerprint density at radius 1 is 1.17 bits per heavy atom. The van der Waals surface area contributed by atoms with Gasteiger partial charge in [0.2, 0.25) is 5.91 Å². The molecule has 5 nitrogen and oxygen atoms in total. The van der Waals surface area contributed by atoms with E-state index >= 15 is 0 Å². The van der Waals surface area contributed by atoms with Gasteiger partial charge in [-0.05, 0) is 55.9 Å². The Balaban J connectivity index is 0.00000192. The molecule has 1 saturated heterocycles. The van der Waals surface area contributed by atoms with E-state index in [4.69, 9.17) is 5.73 Å². The second kappa shape index (κ2) is 7.68. The van der Waals surface area contributed by atoms with Crippen molar-refractivity contribution in [2.75, 3.05) is 25.4 Å². The first-order valence-electron chi connectivity index (χ1n) is 8.06. The summed E-state index contributed by atoms with van der Waals surface area (Å²) in [6.07, 6.45) is 4.20. The molecule has 3 rings (SSSR count). The van der Waals surface area contributed by atoms with Crippen molar-refractivity contribution in [2.45, 2.75) is 25.7 Å². The fraction of sp³-hybridized carbons (Fsp3) is 0.529. The highest BCUT2D eigenvalue weighted by Gasteiger charge is 2.30. The predicted molar refractivity (Wildman–Crippen MR) is 92.5 cm³/mol. The maximum Gasteiger partial charge on any atom is 0.253 e. The minimum atomic E-state index is -0.0785. The van der Waals surface area contributed by atoms with Crippen molar-refractivity contribution in [3.63, 3.8) is 0 Å². The quantitative estimate of drug-likeness (QED) is 0.826. The van der Waals surface area contributed by atoms with E-state index in [9.17, 15) is 9.59 Å². The van der Waals surface area contributed by atoms with Gasteiger partial charge in [0.1, 0.15) is 0 Å². The maximum absolute atomic E-state index is 12.5. The van der Waals surface area contributed by atoms with Crippen molar-refractivity contribution in [3.05, 3.63) is 29.8 Å². The minimum absolute atomic E-state index is 0. The molecule has 1 saturated carbocycles.